The maximum Gasteiger partial charge on any atom is 0.421 e. The molecule has 0 saturated heterocycles. The first kappa shape index (κ1) is 17.2. The molecule has 0 aliphatic rings. The quantitative estimate of drug-likeness (QED) is 0.771. The summed E-state index contributed by atoms with van der Waals surface area (Å²) in [5.74, 6) is -0.595. The van der Waals surface area contributed by atoms with E-state index in [1.54, 1.807) is 18.2 Å². The van der Waals surface area contributed by atoms with E-state index in [1.807, 2.05) is 6.92 Å². The zero-order valence-corrected chi connectivity index (χ0v) is 13.7. The maximum absolute atomic E-state index is 12.7. The number of alkyl halides is 3. The first-order chi connectivity index (χ1) is 11.7. The van der Waals surface area contributed by atoms with E-state index < -0.39 is 29.8 Å². The fraction of sp³-hybridized carbons (Fsp3) is 0.188. The van der Waals surface area contributed by atoms with Crippen molar-refractivity contribution in [1.82, 2.24) is 9.55 Å². The van der Waals surface area contributed by atoms with E-state index >= 15 is 0 Å². The highest BCUT2D eigenvalue weighted by Crippen LogP contribution is 2.26. The Labute approximate surface area is 143 Å². The zero-order chi connectivity index (χ0) is 18.2. The number of carbonyl (C=O) groups excluding carboxylic acids is 1. The van der Waals surface area contributed by atoms with Gasteiger partial charge in [-0.2, -0.15) is 13.2 Å². The van der Waals surface area contributed by atoms with Crippen molar-refractivity contribution in [2.75, 3.05) is 5.32 Å². The Morgan fingerprint density at radius 2 is 2.08 bits per heavy atom. The van der Waals surface area contributed by atoms with Crippen LogP contribution in [0.2, 0.25) is 0 Å². The molecule has 1 aromatic carbocycles. The molecule has 5 nitrogen and oxygen atoms in total. The predicted molar refractivity (Wildman–Crippen MR) is 88.7 cm³/mol. The molecule has 0 atom stereocenters. The zero-order valence-electron chi connectivity index (χ0n) is 12.9. The van der Waals surface area contributed by atoms with Gasteiger partial charge in [-0.3, -0.25) is 9.59 Å². The van der Waals surface area contributed by atoms with Gasteiger partial charge in [0.1, 0.15) is 12.1 Å². The highest BCUT2D eigenvalue weighted by Gasteiger charge is 2.34. The fourth-order valence-electron chi connectivity index (χ4n) is 2.35. The Hall–Kier alpha value is -2.68. The molecule has 9 heteroatoms. The molecule has 130 valence electrons. The van der Waals surface area contributed by atoms with Gasteiger partial charge in [0.05, 0.1) is 15.2 Å². The van der Waals surface area contributed by atoms with E-state index in [0.717, 1.165) is 32.1 Å². The summed E-state index contributed by atoms with van der Waals surface area (Å²) >= 11 is 1.46. The van der Waals surface area contributed by atoms with Gasteiger partial charge in [0.15, 0.2) is 0 Å². The van der Waals surface area contributed by atoms with Crippen LogP contribution in [-0.2, 0) is 17.5 Å². The lowest BCUT2D eigenvalue weighted by atomic mass is 10.2. The van der Waals surface area contributed by atoms with E-state index in [4.69, 9.17) is 0 Å². The predicted octanol–water partition coefficient (Wildman–Crippen LogP) is 3.42. The van der Waals surface area contributed by atoms with Crippen molar-refractivity contribution in [2.45, 2.75) is 19.6 Å². The molecule has 0 spiro atoms. The van der Waals surface area contributed by atoms with Gasteiger partial charge >= 0.3 is 6.18 Å². The summed E-state index contributed by atoms with van der Waals surface area (Å²) < 4.78 is 39.8. The highest BCUT2D eigenvalue weighted by molar-refractivity contribution is 7.18. The third-order valence-electron chi connectivity index (χ3n) is 3.42. The van der Waals surface area contributed by atoms with Gasteiger partial charge < -0.3 is 9.88 Å². The van der Waals surface area contributed by atoms with Crippen molar-refractivity contribution in [3.8, 4) is 0 Å². The third-order valence-corrected chi connectivity index (χ3v) is 4.35. The van der Waals surface area contributed by atoms with Crippen molar-refractivity contribution in [2.24, 2.45) is 0 Å². The summed E-state index contributed by atoms with van der Waals surface area (Å²) in [5.41, 5.74) is -1.26. The van der Waals surface area contributed by atoms with E-state index in [2.05, 4.69) is 10.3 Å². The fourth-order valence-corrected chi connectivity index (χ4v) is 3.22. The van der Waals surface area contributed by atoms with Crippen LogP contribution in [0.3, 0.4) is 0 Å². The van der Waals surface area contributed by atoms with E-state index in [1.165, 1.54) is 11.3 Å². The standard InChI is InChI=1S/C16H12F3N3O2S/c1-9-20-12-5-4-10(7-13(12)25-9)21-14(23)8-22-6-2-3-11(15(22)24)16(17,18)19/h2-7H,8H2,1H3,(H,21,23). The van der Waals surface area contributed by atoms with Crippen molar-refractivity contribution >= 4 is 33.1 Å². The normalized spacial score (nSPS) is 11.7. The molecule has 3 rings (SSSR count). The number of carbonyl (C=O) groups is 1. The minimum Gasteiger partial charge on any atom is -0.324 e. The number of aryl methyl sites for hydroxylation is 1. The van der Waals surface area contributed by atoms with Crippen molar-refractivity contribution < 1.29 is 18.0 Å². The lowest BCUT2D eigenvalue weighted by Gasteiger charge is -2.10. The maximum atomic E-state index is 12.7. The molecule has 1 amide bonds. The summed E-state index contributed by atoms with van der Waals surface area (Å²) in [6.45, 7) is 1.35. The molecule has 0 saturated carbocycles. The van der Waals surface area contributed by atoms with Crippen LogP contribution in [0.25, 0.3) is 10.2 Å². The van der Waals surface area contributed by atoms with Crippen LogP contribution in [0.15, 0.2) is 41.3 Å². The lowest BCUT2D eigenvalue weighted by Crippen LogP contribution is -2.31. The van der Waals surface area contributed by atoms with Crippen LogP contribution >= 0.6 is 11.3 Å². The second-order valence-corrected chi connectivity index (χ2v) is 6.55. The second-order valence-electron chi connectivity index (χ2n) is 5.32. The number of pyridine rings is 1. The number of thiazole rings is 1. The van der Waals surface area contributed by atoms with E-state index in [-0.39, 0.29) is 0 Å². The second kappa shape index (κ2) is 6.32. The molecule has 2 aromatic heterocycles. The Morgan fingerprint density at radius 3 is 2.80 bits per heavy atom. The number of halogens is 3. The van der Waals surface area contributed by atoms with Gasteiger partial charge in [0.2, 0.25) is 5.91 Å². The number of benzene rings is 1. The van der Waals surface area contributed by atoms with Gasteiger partial charge in [-0.15, -0.1) is 11.3 Å². The molecule has 0 radical (unpaired) electrons. The Kier molecular flexibility index (Phi) is 4.34. The molecule has 0 aliphatic carbocycles. The van der Waals surface area contributed by atoms with E-state index in [0.29, 0.717) is 11.8 Å². The van der Waals surface area contributed by atoms with Gasteiger partial charge in [-0.25, -0.2) is 4.98 Å². The van der Waals surface area contributed by atoms with Crippen LogP contribution in [-0.4, -0.2) is 15.5 Å². The Morgan fingerprint density at radius 1 is 1.32 bits per heavy atom. The molecular weight excluding hydrogens is 355 g/mol. The molecule has 3 aromatic rings. The van der Waals surface area contributed by atoms with Gasteiger partial charge in [0.25, 0.3) is 5.56 Å². The number of aromatic nitrogens is 2. The highest BCUT2D eigenvalue weighted by atomic mass is 32.1. The Balaban J connectivity index is 1.79. The summed E-state index contributed by atoms with van der Waals surface area (Å²) in [7, 11) is 0. The van der Waals surface area contributed by atoms with E-state index in [9.17, 15) is 22.8 Å². The topological polar surface area (TPSA) is 64.0 Å². The number of hydrogen-bond donors (Lipinski definition) is 1. The monoisotopic (exact) mass is 367 g/mol. The van der Waals surface area contributed by atoms with Gasteiger partial charge in [-0.1, -0.05) is 0 Å². The third kappa shape index (κ3) is 3.71. The molecular formula is C16H12F3N3O2S. The number of hydrogen-bond acceptors (Lipinski definition) is 4. The molecule has 2 heterocycles. The molecule has 0 unspecified atom stereocenters. The summed E-state index contributed by atoms with van der Waals surface area (Å²) in [4.78, 5) is 28.2. The van der Waals surface area contributed by atoms with Gasteiger partial charge in [-0.05, 0) is 37.3 Å². The van der Waals surface area contributed by atoms with Gasteiger partial charge in [0, 0.05) is 11.9 Å². The smallest absolute Gasteiger partial charge is 0.324 e. The van der Waals surface area contributed by atoms with Crippen molar-refractivity contribution in [3.63, 3.8) is 0 Å². The largest absolute Gasteiger partial charge is 0.421 e. The summed E-state index contributed by atoms with van der Waals surface area (Å²) in [6.07, 6.45) is -3.61. The molecule has 25 heavy (non-hydrogen) atoms. The number of amides is 1. The average molecular weight is 367 g/mol. The SMILES string of the molecule is Cc1nc2ccc(NC(=O)Cn3cccc(C(F)(F)F)c3=O)cc2s1. The summed E-state index contributed by atoms with van der Waals surface area (Å²) in [6, 6.07) is 6.90. The minimum absolute atomic E-state index is 0.487. The van der Waals surface area contributed by atoms with Crippen LogP contribution in [0.4, 0.5) is 18.9 Å². The molecule has 1 N–H and O–H groups in total. The van der Waals surface area contributed by atoms with Crippen molar-refractivity contribution in [1.29, 1.82) is 0 Å². The first-order valence-electron chi connectivity index (χ1n) is 7.18. The number of nitrogens with zero attached hydrogens (tertiary/aromatic N) is 2. The number of nitrogens with one attached hydrogen (secondary N) is 1. The average Bonchev–Trinajstić information content (AvgIpc) is 2.87. The number of anilines is 1. The minimum atomic E-state index is -4.76. The number of rotatable bonds is 3. The molecule has 0 aliphatic heterocycles. The van der Waals surface area contributed by atoms with Crippen LogP contribution in [0, 0.1) is 6.92 Å². The molecule has 0 fully saturated rings. The Bertz CT molecular complexity index is 1010. The van der Waals surface area contributed by atoms with Crippen molar-refractivity contribution in [3.05, 3.63) is 57.5 Å². The van der Waals surface area contributed by atoms with Crippen LogP contribution in [0.1, 0.15) is 10.6 Å². The molecule has 0 bridgehead atoms. The number of fused-ring (bicyclic) bond motifs is 1. The lowest BCUT2D eigenvalue weighted by molar-refractivity contribution is -0.139. The first-order valence-corrected chi connectivity index (χ1v) is 7.99. The summed E-state index contributed by atoms with van der Waals surface area (Å²) in [5, 5.41) is 3.46. The van der Waals surface area contributed by atoms with Crippen LogP contribution < -0.4 is 10.9 Å². The van der Waals surface area contributed by atoms with Crippen LogP contribution in [0.5, 0.6) is 0 Å².